The Bertz CT molecular complexity index is 500. The molecule has 1 aromatic rings. The van der Waals surface area contributed by atoms with Gasteiger partial charge in [0.25, 0.3) is 0 Å². The van der Waals surface area contributed by atoms with Crippen molar-refractivity contribution < 1.29 is 22.7 Å². The van der Waals surface area contributed by atoms with Crippen molar-refractivity contribution in [3.05, 3.63) is 29.8 Å². The lowest BCUT2D eigenvalue weighted by Gasteiger charge is -2.14. The average molecular weight is 316 g/mol. The summed E-state index contributed by atoms with van der Waals surface area (Å²) >= 11 is 0. The monoisotopic (exact) mass is 316 g/mol. The van der Waals surface area contributed by atoms with Crippen LogP contribution in [0.15, 0.2) is 24.3 Å². The molecule has 0 unspecified atom stereocenters. The van der Waals surface area contributed by atoms with Crippen LogP contribution in [0.5, 0.6) is 0 Å². The van der Waals surface area contributed by atoms with Crippen LogP contribution in [0.4, 0.5) is 23.7 Å². The number of carbonyl (C=O) groups excluding carboxylic acids is 1. The van der Waals surface area contributed by atoms with E-state index in [4.69, 9.17) is 4.74 Å². The molecule has 2 N–H and O–H groups in total. The Labute approximate surface area is 127 Å². The van der Waals surface area contributed by atoms with Gasteiger partial charge in [0.15, 0.2) is 0 Å². The molecule has 0 aromatic heterocycles. The Hall–Kier alpha value is -1.76. The predicted molar refractivity (Wildman–Crippen MR) is 76.6 cm³/mol. The molecular weight excluding hydrogens is 297 g/mol. The molecule has 0 aliphatic carbocycles. The van der Waals surface area contributed by atoms with Crippen molar-refractivity contribution >= 4 is 11.7 Å². The number of hydrogen-bond acceptors (Lipinski definition) is 2. The van der Waals surface area contributed by atoms with Crippen LogP contribution in [0.3, 0.4) is 0 Å². The summed E-state index contributed by atoms with van der Waals surface area (Å²) in [6.45, 7) is 1.97. The molecule has 1 aliphatic rings. The van der Waals surface area contributed by atoms with Gasteiger partial charge >= 0.3 is 12.2 Å². The maximum absolute atomic E-state index is 12.8. The van der Waals surface area contributed by atoms with Gasteiger partial charge in [-0.05, 0) is 37.3 Å². The van der Waals surface area contributed by atoms with Gasteiger partial charge in [-0.3, -0.25) is 0 Å². The molecule has 0 radical (unpaired) electrons. The summed E-state index contributed by atoms with van der Waals surface area (Å²) in [6.07, 6.45) is -1.74. The molecule has 1 aromatic carbocycles. The van der Waals surface area contributed by atoms with Crippen LogP contribution in [0.1, 0.15) is 24.8 Å². The Morgan fingerprint density at radius 1 is 1.32 bits per heavy atom. The summed E-state index contributed by atoms with van der Waals surface area (Å²) < 4.78 is 43.6. The molecule has 4 nitrogen and oxygen atoms in total. The van der Waals surface area contributed by atoms with E-state index in [1.165, 1.54) is 18.2 Å². The van der Waals surface area contributed by atoms with Crippen molar-refractivity contribution in [3.63, 3.8) is 0 Å². The fraction of sp³-hybridized carbons (Fsp3) is 0.533. The molecule has 0 saturated carbocycles. The van der Waals surface area contributed by atoms with Crippen LogP contribution in [-0.4, -0.2) is 25.8 Å². The first-order valence-electron chi connectivity index (χ1n) is 7.25. The highest BCUT2D eigenvalue weighted by Gasteiger charge is 2.33. The molecular formula is C15H19F3N2O2. The highest BCUT2D eigenvalue weighted by Crippen LogP contribution is 2.34. The van der Waals surface area contributed by atoms with E-state index in [-0.39, 0.29) is 5.69 Å². The molecule has 1 atom stereocenters. The van der Waals surface area contributed by atoms with Crippen LogP contribution in [0.25, 0.3) is 0 Å². The number of nitrogens with one attached hydrogen (secondary N) is 2. The fourth-order valence-corrected chi connectivity index (χ4v) is 2.41. The van der Waals surface area contributed by atoms with Gasteiger partial charge in [0.2, 0.25) is 0 Å². The van der Waals surface area contributed by atoms with Crippen molar-refractivity contribution in [2.24, 2.45) is 5.92 Å². The van der Waals surface area contributed by atoms with Gasteiger partial charge in [0.05, 0.1) is 11.3 Å². The van der Waals surface area contributed by atoms with Crippen molar-refractivity contribution in [1.82, 2.24) is 5.32 Å². The van der Waals surface area contributed by atoms with E-state index < -0.39 is 17.8 Å². The van der Waals surface area contributed by atoms with Crippen molar-refractivity contribution in [1.29, 1.82) is 0 Å². The first-order chi connectivity index (χ1) is 10.5. The molecule has 122 valence electrons. The zero-order valence-electron chi connectivity index (χ0n) is 12.1. The number of rotatable bonds is 5. The summed E-state index contributed by atoms with van der Waals surface area (Å²) in [5.74, 6) is 0.524. The van der Waals surface area contributed by atoms with Gasteiger partial charge in [0, 0.05) is 19.8 Å². The predicted octanol–water partition coefficient (Wildman–Crippen LogP) is 3.64. The van der Waals surface area contributed by atoms with Gasteiger partial charge in [0.1, 0.15) is 0 Å². The molecule has 2 amide bonds. The van der Waals surface area contributed by atoms with Crippen molar-refractivity contribution in [3.8, 4) is 0 Å². The van der Waals surface area contributed by atoms with Crippen LogP contribution in [0, 0.1) is 5.92 Å². The Morgan fingerprint density at radius 2 is 2.09 bits per heavy atom. The first kappa shape index (κ1) is 16.6. The fourth-order valence-electron chi connectivity index (χ4n) is 2.41. The van der Waals surface area contributed by atoms with E-state index in [1.54, 1.807) is 0 Å². The van der Waals surface area contributed by atoms with Crippen LogP contribution in [0.2, 0.25) is 0 Å². The topological polar surface area (TPSA) is 50.4 Å². The van der Waals surface area contributed by atoms with E-state index in [2.05, 4.69) is 10.6 Å². The minimum absolute atomic E-state index is 0.239. The molecule has 1 aliphatic heterocycles. The van der Waals surface area contributed by atoms with Gasteiger partial charge in [-0.1, -0.05) is 12.1 Å². The number of amides is 2. The molecule has 0 bridgehead atoms. The Balaban J connectivity index is 1.77. The van der Waals surface area contributed by atoms with E-state index in [9.17, 15) is 18.0 Å². The third kappa shape index (κ3) is 4.91. The molecule has 0 spiro atoms. The number of benzene rings is 1. The standard InChI is InChI=1S/C15H19F3N2O2/c16-15(17,18)12-5-1-2-6-13(12)20-14(21)19-8-3-4-11-7-9-22-10-11/h1-2,5-6,11H,3-4,7-10H2,(H2,19,20,21)/t11-/m1/s1. The second kappa shape index (κ2) is 7.49. The summed E-state index contributed by atoms with van der Waals surface area (Å²) in [5.41, 5.74) is -1.09. The van der Waals surface area contributed by atoms with Crippen molar-refractivity contribution in [2.45, 2.75) is 25.4 Å². The minimum atomic E-state index is -4.49. The number of halogens is 3. The summed E-state index contributed by atoms with van der Waals surface area (Å²) in [7, 11) is 0. The molecule has 22 heavy (non-hydrogen) atoms. The summed E-state index contributed by atoms with van der Waals surface area (Å²) in [4.78, 5) is 11.7. The lowest BCUT2D eigenvalue weighted by atomic mass is 10.0. The smallest absolute Gasteiger partial charge is 0.381 e. The zero-order valence-corrected chi connectivity index (χ0v) is 12.1. The number of carbonyl (C=O) groups is 1. The van der Waals surface area contributed by atoms with Crippen LogP contribution >= 0.6 is 0 Å². The molecule has 2 rings (SSSR count). The maximum Gasteiger partial charge on any atom is 0.418 e. The van der Waals surface area contributed by atoms with Gasteiger partial charge < -0.3 is 15.4 Å². The normalized spacial score (nSPS) is 18.2. The summed E-state index contributed by atoms with van der Waals surface area (Å²) in [5, 5.41) is 4.83. The second-order valence-corrected chi connectivity index (χ2v) is 5.30. The molecule has 1 saturated heterocycles. The number of urea groups is 1. The number of alkyl halides is 3. The van der Waals surface area contributed by atoms with Crippen LogP contribution < -0.4 is 10.6 Å². The third-order valence-corrected chi connectivity index (χ3v) is 3.58. The van der Waals surface area contributed by atoms with Gasteiger partial charge in [-0.2, -0.15) is 13.2 Å². The molecule has 1 fully saturated rings. The number of anilines is 1. The third-order valence-electron chi connectivity index (χ3n) is 3.58. The van der Waals surface area contributed by atoms with E-state index >= 15 is 0 Å². The first-order valence-corrected chi connectivity index (χ1v) is 7.25. The Morgan fingerprint density at radius 3 is 2.77 bits per heavy atom. The number of para-hydroxylation sites is 1. The second-order valence-electron chi connectivity index (χ2n) is 5.30. The number of ether oxygens (including phenoxy) is 1. The summed E-state index contributed by atoms with van der Waals surface area (Å²) in [6, 6.07) is 4.29. The highest BCUT2D eigenvalue weighted by atomic mass is 19.4. The van der Waals surface area contributed by atoms with Gasteiger partial charge in [-0.15, -0.1) is 0 Å². The largest absolute Gasteiger partial charge is 0.418 e. The SMILES string of the molecule is O=C(NCCC[C@@H]1CCOC1)Nc1ccccc1C(F)(F)F. The van der Waals surface area contributed by atoms with E-state index in [0.717, 1.165) is 38.5 Å². The van der Waals surface area contributed by atoms with Crippen LogP contribution in [-0.2, 0) is 10.9 Å². The molecule has 7 heteroatoms. The molecule has 1 heterocycles. The highest BCUT2D eigenvalue weighted by molar-refractivity contribution is 5.90. The lowest BCUT2D eigenvalue weighted by molar-refractivity contribution is -0.136. The van der Waals surface area contributed by atoms with Gasteiger partial charge in [-0.25, -0.2) is 4.79 Å². The maximum atomic E-state index is 12.8. The Kier molecular flexibility index (Phi) is 5.65. The van der Waals surface area contributed by atoms with E-state index in [0.29, 0.717) is 12.5 Å². The minimum Gasteiger partial charge on any atom is -0.381 e. The quantitative estimate of drug-likeness (QED) is 0.815. The zero-order chi connectivity index (χ0) is 16.0. The lowest BCUT2D eigenvalue weighted by Crippen LogP contribution is -2.30. The van der Waals surface area contributed by atoms with Crippen molar-refractivity contribution in [2.75, 3.05) is 25.1 Å². The van der Waals surface area contributed by atoms with E-state index in [1.807, 2.05) is 0 Å². The number of hydrogen-bond donors (Lipinski definition) is 2. The average Bonchev–Trinajstić information content (AvgIpc) is 2.96.